The van der Waals surface area contributed by atoms with E-state index in [1.807, 2.05) is 0 Å². The fourth-order valence-electron chi connectivity index (χ4n) is 0.413. The highest BCUT2D eigenvalue weighted by Gasteiger charge is 2.22. The van der Waals surface area contributed by atoms with Gasteiger partial charge in [-0.15, -0.1) is 0 Å². The van der Waals surface area contributed by atoms with Crippen LogP contribution in [0.4, 0.5) is 0 Å². The number of ether oxygens (including phenoxy) is 2. The summed E-state index contributed by atoms with van der Waals surface area (Å²) in [6.07, 6.45) is 1.12. The molecule has 0 radical (unpaired) electrons. The molecule has 1 aliphatic heterocycles. The predicted octanol–water partition coefficient (Wildman–Crippen LogP) is -0.111. The lowest BCUT2D eigenvalue weighted by Crippen LogP contribution is -2.02. The van der Waals surface area contributed by atoms with Gasteiger partial charge in [0.2, 0.25) is 0 Å². The molecule has 0 saturated carbocycles. The highest BCUT2D eigenvalue weighted by atomic mass is 32.2. The monoisotopic (exact) mass is 223 g/mol. The van der Waals surface area contributed by atoms with Gasteiger partial charge in [0.1, 0.15) is 6.10 Å². The van der Waals surface area contributed by atoms with E-state index < -0.39 is 11.4 Å². The lowest BCUT2D eigenvalue weighted by molar-refractivity contribution is -0.135. The van der Waals surface area contributed by atoms with Gasteiger partial charge in [-0.1, -0.05) is 6.58 Å². The van der Waals surface area contributed by atoms with Crippen molar-refractivity contribution in [1.29, 1.82) is 0 Å². The minimum absolute atomic E-state index is 0.0212. The minimum atomic E-state index is -2.38. The third kappa shape index (κ3) is 11.2. The molecule has 14 heavy (non-hydrogen) atoms. The molecule has 0 amide bonds. The van der Waals surface area contributed by atoms with Crippen molar-refractivity contribution < 1.29 is 27.2 Å². The third-order valence-electron chi connectivity index (χ3n) is 1.00. The molecule has 6 nitrogen and oxygen atoms in total. The van der Waals surface area contributed by atoms with Crippen molar-refractivity contribution in [3.8, 4) is 0 Å². The fourth-order valence-corrected chi connectivity index (χ4v) is 0.676. The first kappa shape index (κ1) is 13.2. The Morgan fingerprint density at radius 2 is 2.43 bits per heavy atom. The van der Waals surface area contributed by atoms with Gasteiger partial charge >= 0.3 is 5.97 Å². The molecule has 1 rings (SSSR count). The van der Waals surface area contributed by atoms with Crippen LogP contribution in [0.3, 0.4) is 0 Å². The first-order chi connectivity index (χ1) is 6.56. The van der Waals surface area contributed by atoms with Gasteiger partial charge in [0.15, 0.2) is 0 Å². The second-order valence-corrected chi connectivity index (χ2v) is 2.86. The molecule has 0 aromatic heterocycles. The first-order valence-electron chi connectivity index (χ1n) is 3.68. The maximum Gasteiger partial charge on any atom is 0.307 e. The molecule has 1 aliphatic rings. The molecule has 0 bridgehead atoms. The van der Waals surface area contributed by atoms with Crippen LogP contribution in [0, 0.1) is 0 Å². The van der Waals surface area contributed by atoms with Gasteiger partial charge in [-0.05, 0) is 0 Å². The number of hydrogen-bond donors (Lipinski definition) is 0. The number of hydrogen-bond acceptors (Lipinski definition) is 6. The van der Waals surface area contributed by atoms with Crippen LogP contribution >= 0.6 is 0 Å². The number of rotatable bonds is 4. The highest BCUT2D eigenvalue weighted by molar-refractivity contribution is 7.74. The van der Waals surface area contributed by atoms with Gasteiger partial charge in [-0.2, -0.15) is 0 Å². The van der Waals surface area contributed by atoms with Gasteiger partial charge in [0.25, 0.3) is 0 Å². The molecule has 2 unspecified atom stereocenters. The fraction of sp³-hybridized carbons (Fsp3) is 0.571. The Balaban J connectivity index is 0.000000255. The number of esters is 1. The van der Waals surface area contributed by atoms with Crippen LogP contribution in [-0.2, 0) is 29.8 Å². The van der Waals surface area contributed by atoms with E-state index in [0.717, 1.165) is 6.26 Å². The molecule has 0 aromatic rings. The van der Waals surface area contributed by atoms with Gasteiger partial charge in [0.05, 0.1) is 30.8 Å². The van der Waals surface area contributed by atoms with Crippen LogP contribution in [0.5, 0.6) is 0 Å². The minimum Gasteiger partial charge on any atom is -0.750 e. The van der Waals surface area contributed by atoms with Gasteiger partial charge < -0.3 is 14.0 Å². The molecule has 0 N–H and O–H groups in total. The maximum absolute atomic E-state index is 9.75. The molecule has 1 saturated heterocycles. The summed E-state index contributed by atoms with van der Waals surface area (Å²) in [6, 6.07) is 0. The molecule has 82 valence electrons. The summed E-state index contributed by atoms with van der Waals surface area (Å²) in [5.74, 6) is -0.329. The van der Waals surface area contributed by atoms with Gasteiger partial charge in [0, 0.05) is 6.92 Å². The number of carbonyl (C=O) groups is 1. The standard InChI is InChI=1S/C4H6O2.C3H6O4S/c1-3-6-4(2)5;4-8(5)7-2-3-1-6-3/h3H,1H2,2H3;3H,1-2H2,(H,4,5)/p-1. The van der Waals surface area contributed by atoms with Crippen molar-refractivity contribution in [2.75, 3.05) is 13.2 Å². The maximum atomic E-state index is 9.75. The van der Waals surface area contributed by atoms with E-state index in [1.165, 1.54) is 6.92 Å². The van der Waals surface area contributed by atoms with Crippen molar-refractivity contribution in [1.82, 2.24) is 0 Å². The van der Waals surface area contributed by atoms with Crippen LogP contribution in [0.15, 0.2) is 12.8 Å². The molecular weight excluding hydrogens is 212 g/mol. The summed E-state index contributed by atoms with van der Waals surface area (Å²) in [7, 11) is 0. The summed E-state index contributed by atoms with van der Waals surface area (Å²) in [4.78, 5) is 9.75. The smallest absolute Gasteiger partial charge is 0.307 e. The number of carbonyl (C=O) groups excluding carboxylic acids is 1. The van der Waals surface area contributed by atoms with Crippen LogP contribution in [0.1, 0.15) is 6.92 Å². The Bertz CT molecular complexity index is 212. The van der Waals surface area contributed by atoms with E-state index >= 15 is 0 Å². The average Bonchev–Trinajstić information content (AvgIpc) is 2.84. The quantitative estimate of drug-likeness (QED) is 0.286. The molecule has 0 aromatic carbocycles. The Labute approximate surface area is 84.3 Å². The molecule has 2 atom stereocenters. The molecule has 1 heterocycles. The van der Waals surface area contributed by atoms with Crippen molar-refractivity contribution in [3.05, 3.63) is 12.8 Å². The predicted molar refractivity (Wildman–Crippen MR) is 46.6 cm³/mol. The number of epoxide rings is 1. The van der Waals surface area contributed by atoms with Crippen LogP contribution in [0.25, 0.3) is 0 Å². The van der Waals surface area contributed by atoms with Crippen LogP contribution < -0.4 is 0 Å². The third-order valence-corrected chi connectivity index (χ3v) is 1.33. The van der Waals surface area contributed by atoms with Crippen molar-refractivity contribution in [2.24, 2.45) is 0 Å². The van der Waals surface area contributed by atoms with Crippen molar-refractivity contribution in [2.45, 2.75) is 13.0 Å². The SMILES string of the molecule is C=COC(C)=O.O=S([O-])OCC1CO1. The Kier molecular flexibility index (Phi) is 7.21. The Hall–Kier alpha value is -0.760. The molecular formula is C7H11O6S-. The van der Waals surface area contributed by atoms with Crippen molar-refractivity contribution >= 4 is 17.3 Å². The topological polar surface area (TPSA) is 88.2 Å². The largest absolute Gasteiger partial charge is 0.750 e. The molecule has 0 spiro atoms. The summed E-state index contributed by atoms with van der Waals surface area (Å²) >= 11 is -2.38. The van der Waals surface area contributed by atoms with Crippen LogP contribution in [-0.4, -0.2) is 34.0 Å². The van der Waals surface area contributed by atoms with Crippen molar-refractivity contribution in [3.63, 3.8) is 0 Å². The second-order valence-electron chi connectivity index (χ2n) is 2.22. The van der Waals surface area contributed by atoms with Crippen LogP contribution in [0.2, 0.25) is 0 Å². The Morgan fingerprint density at radius 3 is 2.64 bits per heavy atom. The second kappa shape index (κ2) is 7.63. The summed E-state index contributed by atoms with van der Waals surface area (Å²) < 4.78 is 32.3. The van der Waals surface area contributed by atoms with E-state index in [4.69, 9.17) is 0 Å². The summed E-state index contributed by atoms with van der Waals surface area (Å²) in [5.41, 5.74) is 0. The molecule has 1 fully saturated rings. The zero-order valence-corrected chi connectivity index (χ0v) is 8.45. The van der Waals surface area contributed by atoms with E-state index in [-0.39, 0.29) is 18.7 Å². The van der Waals surface area contributed by atoms with Gasteiger partial charge in [-0.3, -0.25) is 8.98 Å². The zero-order chi connectivity index (χ0) is 11.0. The van der Waals surface area contributed by atoms with E-state index in [1.54, 1.807) is 0 Å². The lowest BCUT2D eigenvalue weighted by Gasteiger charge is -2.01. The first-order valence-corrected chi connectivity index (χ1v) is 4.68. The van der Waals surface area contributed by atoms with E-state index in [0.29, 0.717) is 6.61 Å². The molecule has 0 aliphatic carbocycles. The summed E-state index contributed by atoms with van der Waals surface area (Å²) in [6.45, 7) is 5.26. The lowest BCUT2D eigenvalue weighted by atomic mass is 10.5. The normalized spacial score (nSPS) is 20.0. The highest BCUT2D eigenvalue weighted by Crippen LogP contribution is 2.08. The van der Waals surface area contributed by atoms with Gasteiger partial charge in [-0.25, -0.2) is 4.21 Å². The zero-order valence-electron chi connectivity index (χ0n) is 7.63. The van der Waals surface area contributed by atoms with E-state index in [2.05, 4.69) is 20.2 Å². The average molecular weight is 223 g/mol. The Morgan fingerprint density at radius 1 is 1.86 bits per heavy atom. The molecule has 7 heteroatoms. The summed E-state index contributed by atoms with van der Waals surface area (Å²) in [5, 5.41) is 0. The van der Waals surface area contributed by atoms with E-state index in [9.17, 15) is 13.6 Å².